The van der Waals surface area contributed by atoms with E-state index >= 15 is 0 Å². The van der Waals surface area contributed by atoms with Crippen LogP contribution in [-0.4, -0.2) is 53.5 Å². The van der Waals surface area contributed by atoms with E-state index in [-0.39, 0.29) is 25.0 Å². The quantitative estimate of drug-likeness (QED) is 0.526. The van der Waals surface area contributed by atoms with E-state index in [9.17, 15) is 19.5 Å². The molecule has 2 aliphatic rings. The van der Waals surface area contributed by atoms with Gasteiger partial charge in [0, 0.05) is 12.0 Å². The number of aliphatic hydroxyl groups excluding tert-OH is 1. The van der Waals surface area contributed by atoms with Gasteiger partial charge < -0.3 is 25.6 Å². The second-order valence-corrected chi connectivity index (χ2v) is 8.21. The first-order chi connectivity index (χ1) is 15.5. The van der Waals surface area contributed by atoms with Crippen molar-refractivity contribution in [3.63, 3.8) is 0 Å². The predicted molar refractivity (Wildman–Crippen MR) is 116 cm³/mol. The number of hydrogen-bond donors (Lipinski definition) is 4. The van der Waals surface area contributed by atoms with Gasteiger partial charge in [0.1, 0.15) is 6.61 Å². The van der Waals surface area contributed by atoms with Gasteiger partial charge in [0.15, 0.2) is 6.10 Å². The number of ether oxygens (including phenoxy) is 1. The van der Waals surface area contributed by atoms with Crippen LogP contribution < -0.4 is 10.6 Å². The molecule has 2 aliphatic carbocycles. The third-order valence-electron chi connectivity index (χ3n) is 6.25. The third-order valence-corrected chi connectivity index (χ3v) is 6.25. The number of hydrogen-bond acceptors (Lipinski definition) is 5. The number of fused-ring (bicyclic) bond motifs is 3. The maximum absolute atomic E-state index is 12.5. The second-order valence-electron chi connectivity index (χ2n) is 8.21. The first kappa shape index (κ1) is 21.8. The standard InChI is InChI=1S/C24H26N2O6/c27-21(23(29)30)12-25-22(28)18-10-5-11-20(18)26-24(31)32-13-19-16-8-3-1-6-14(16)15-7-2-4-9-17(15)19/h1-4,6-9,18-21,27H,5,10-13H2,(H,25,28)(H,26,31)(H,29,30)/t18-,20+,21-/m0/s1. The maximum atomic E-state index is 12.5. The molecule has 1 fully saturated rings. The summed E-state index contributed by atoms with van der Waals surface area (Å²) in [4.78, 5) is 35.6. The Hall–Kier alpha value is -3.39. The monoisotopic (exact) mass is 438 g/mol. The predicted octanol–water partition coefficient (Wildman–Crippen LogP) is 2.26. The van der Waals surface area contributed by atoms with Gasteiger partial charge >= 0.3 is 12.1 Å². The van der Waals surface area contributed by atoms with Crippen LogP contribution in [0.25, 0.3) is 11.1 Å². The molecule has 3 atom stereocenters. The molecule has 2 amide bonds. The Morgan fingerprint density at radius 3 is 2.25 bits per heavy atom. The molecule has 4 rings (SSSR count). The number of benzene rings is 2. The Morgan fingerprint density at radius 1 is 1.00 bits per heavy atom. The number of aliphatic hydroxyl groups is 1. The Balaban J connectivity index is 1.34. The average Bonchev–Trinajstić information content (AvgIpc) is 3.38. The molecule has 32 heavy (non-hydrogen) atoms. The number of nitrogens with one attached hydrogen (secondary N) is 2. The minimum atomic E-state index is -1.66. The fourth-order valence-corrected chi connectivity index (χ4v) is 4.65. The summed E-state index contributed by atoms with van der Waals surface area (Å²) in [5.41, 5.74) is 4.54. The fraction of sp³-hybridized carbons (Fsp3) is 0.375. The lowest BCUT2D eigenvalue weighted by molar-refractivity contribution is -0.146. The van der Waals surface area contributed by atoms with E-state index in [1.165, 1.54) is 0 Å². The highest BCUT2D eigenvalue weighted by Crippen LogP contribution is 2.44. The molecule has 0 unspecified atom stereocenters. The van der Waals surface area contributed by atoms with E-state index in [0.29, 0.717) is 12.8 Å². The second kappa shape index (κ2) is 9.40. The third kappa shape index (κ3) is 4.45. The SMILES string of the molecule is O=C(N[C@@H]1CCC[C@@H]1C(=O)NC[C@H](O)C(=O)O)OCC1c2ccccc2-c2ccccc21. The number of aliphatic carboxylic acids is 1. The number of rotatable bonds is 7. The van der Waals surface area contributed by atoms with Crippen LogP contribution in [0.2, 0.25) is 0 Å². The highest BCUT2D eigenvalue weighted by molar-refractivity contribution is 5.82. The molecule has 2 aromatic carbocycles. The number of carboxylic acids is 1. The van der Waals surface area contributed by atoms with Crippen molar-refractivity contribution in [1.82, 2.24) is 10.6 Å². The summed E-state index contributed by atoms with van der Waals surface area (Å²) >= 11 is 0. The molecule has 0 bridgehead atoms. The lowest BCUT2D eigenvalue weighted by Gasteiger charge is -2.21. The average molecular weight is 438 g/mol. The summed E-state index contributed by atoms with van der Waals surface area (Å²) < 4.78 is 5.56. The molecular formula is C24H26N2O6. The van der Waals surface area contributed by atoms with Crippen LogP contribution in [0.5, 0.6) is 0 Å². The Labute approximate surface area is 185 Å². The Bertz CT molecular complexity index is 978. The van der Waals surface area contributed by atoms with Crippen LogP contribution in [0.15, 0.2) is 48.5 Å². The summed E-state index contributed by atoms with van der Waals surface area (Å²) in [5, 5.41) is 23.3. The minimum Gasteiger partial charge on any atom is -0.479 e. The first-order valence-electron chi connectivity index (χ1n) is 10.8. The number of amides is 2. The van der Waals surface area contributed by atoms with Crippen molar-refractivity contribution in [2.24, 2.45) is 5.92 Å². The van der Waals surface area contributed by atoms with Crippen molar-refractivity contribution in [3.8, 4) is 11.1 Å². The molecule has 4 N–H and O–H groups in total. The smallest absolute Gasteiger partial charge is 0.407 e. The summed E-state index contributed by atoms with van der Waals surface area (Å²) in [6.07, 6.45) is -0.280. The zero-order valence-electron chi connectivity index (χ0n) is 17.5. The lowest BCUT2D eigenvalue weighted by atomic mass is 9.98. The van der Waals surface area contributed by atoms with Crippen molar-refractivity contribution >= 4 is 18.0 Å². The van der Waals surface area contributed by atoms with Crippen LogP contribution in [0.4, 0.5) is 4.79 Å². The molecule has 0 aliphatic heterocycles. The van der Waals surface area contributed by atoms with Gasteiger partial charge in [-0.25, -0.2) is 9.59 Å². The Kier molecular flexibility index (Phi) is 6.41. The number of carboxylic acid groups (broad SMARTS) is 1. The first-order valence-corrected chi connectivity index (χ1v) is 10.8. The molecule has 0 spiro atoms. The van der Waals surface area contributed by atoms with Gasteiger partial charge in [-0.1, -0.05) is 55.0 Å². The van der Waals surface area contributed by atoms with Crippen molar-refractivity contribution in [1.29, 1.82) is 0 Å². The highest BCUT2D eigenvalue weighted by atomic mass is 16.5. The molecule has 8 nitrogen and oxygen atoms in total. The number of carbonyl (C=O) groups is 3. The summed E-state index contributed by atoms with van der Waals surface area (Å²) in [6, 6.07) is 15.8. The molecular weight excluding hydrogens is 412 g/mol. The zero-order chi connectivity index (χ0) is 22.7. The Morgan fingerprint density at radius 2 is 1.62 bits per heavy atom. The van der Waals surface area contributed by atoms with Crippen molar-refractivity contribution < 1.29 is 29.3 Å². The molecule has 0 radical (unpaired) electrons. The topological polar surface area (TPSA) is 125 Å². The highest BCUT2D eigenvalue weighted by Gasteiger charge is 2.35. The maximum Gasteiger partial charge on any atom is 0.407 e. The van der Waals surface area contributed by atoms with Crippen LogP contribution in [0.3, 0.4) is 0 Å². The van der Waals surface area contributed by atoms with Crippen molar-refractivity contribution in [3.05, 3.63) is 59.7 Å². The van der Waals surface area contributed by atoms with E-state index in [4.69, 9.17) is 9.84 Å². The van der Waals surface area contributed by atoms with E-state index in [1.807, 2.05) is 36.4 Å². The summed E-state index contributed by atoms with van der Waals surface area (Å²) in [7, 11) is 0. The van der Waals surface area contributed by atoms with Gasteiger partial charge in [0.25, 0.3) is 0 Å². The van der Waals surface area contributed by atoms with E-state index in [0.717, 1.165) is 28.7 Å². The lowest BCUT2D eigenvalue weighted by Crippen LogP contribution is -2.46. The van der Waals surface area contributed by atoms with Crippen LogP contribution in [0, 0.1) is 5.92 Å². The molecule has 0 heterocycles. The van der Waals surface area contributed by atoms with E-state index in [2.05, 4.69) is 22.8 Å². The van der Waals surface area contributed by atoms with Gasteiger partial charge in [-0.05, 0) is 35.1 Å². The van der Waals surface area contributed by atoms with Crippen LogP contribution >= 0.6 is 0 Å². The van der Waals surface area contributed by atoms with Gasteiger partial charge in [0.2, 0.25) is 5.91 Å². The zero-order valence-corrected chi connectivity index (χ0v) is 17.5. The van der Waals surface area contributed by atoms with E-state index in [1.54, 1.807) is 0 Å². The fourth-order valence-electron chi connectivity index (χ4n) is 4.65. The minimum absolute atomic E-state index is 0.0478. The molecule has 168 valence electrons. The molecule has 0 aromatic heterocycles. The van der Waals surface area contributed by atoms with Crippen LogP contribution in [0.1, 0.15) is 36.3 Å². The van der Waals surface area contributed by atoms with Gasteiger partial charge in [-0.3, -0.25) is 4.79 Å². The van der Waals surface area contributed by atoms with Gasteiger partial charge in [0.05, 0.1) is 12.5 Å². The largest absolute Gasteiger partial charge is 0.479 e. The summed E-state index contributed by atoms with van der Waals surface area (Å²) in [6.45, 7) is -0.184. The summed E-state index contributed by atoms with van der Waals surface area (Å²) in [5.74, 6) is -2.32. The van der Waals surface area contributed by atoms with E-state index < -0.39 is 30.1 Å². The molecule has 1 saturated carbocycles. The molecule has 0 saturated heterocycles. The molecule has 8 heteroatoms. The van der Waals surface area contributed by atoms with Gasteiger partial charge in [-0.15, -0.1) is 0 Å². The van der Waals surface area contributed by atoms with Crippen LogP contribution in [-0.2, 0) is 14.3 Å². The van der Waals surface area contributed by atoms with Crippen molar-refractivity contribution in [2.45, 2.75) is 37.3 Å². The number of alkyl carbamates (subject to hydrolysis) is 1. The molecule has 2 aromatic rings. The van der Waals surface area contributed by atoms with Crippen molar-refractivity contribution in [2.75, 3.05) is 13.2 Å². The normalized spacial score (nSPS) is 20.2. The number of carbonyl (C=O) groups excluding carboxylic acids is 2. The van der Waals surface area contributed by atoms with Gasteiger partial charge in [-0.2, -0.15) is 0 Å².